The molecule has 0 N–H and O–H groups in total. The van der Waals surface area contributed by atoms with Crippen LogP contribution in [0.4, 0.5) is 13.2 Å². The van der Waals surface area contributed by atoms with E-state index in [1.54, 1.807) is 19.1 Å². The highest BCUT2D eigenvalue weighted by molar-refractivity contribution is 5.65. The van der Waals surface area contributed by atoms with Gasteiger partial charge in [0.15, 0.2) is 0 Å². The van der Waals surface area contributed by atoms with E-state index in [-0.39, 0.29) is 5.75 Å². The molecule has 0 bridgehead atoms. The zero-order chi connectivity index (χ0) is 14.8. The first-order valence-corrected chi connectivity index (χ1v) is 6.35. The van der Waals surface area contributed by atoms with Crippen LogP contribution in [-0.2, 0) is 6.42 Å². The summed E-state index contributed by atoms with van der Waals surface area (Å²) in [6.07, 6.45) is -3.70. The molecule has 0 aliphatic carbocycles. The van der Waals surface area contributed by atoms with Gasteiger partial charge in [-0.1, -0.05) is 37.3 Å². The van der Waals surface area contributed by atoms with Crippen molar-refractivity contribution < 1.29 is 17.9 Å². The minimum Gasteiger partial charge on any atom is -0.406 e. The molecule has 0 saturated heterocycles. The van der Waals surface area contributed by atoms with Gasteiger partial charge in [-0.05, 0) is 47.7 Å². The quantitative estimate of drug-likeness (QED) is 0.758. The normalized spacial score (nSPS) is 11.4. The fraction of sp³-hybridized carbons (Fsp3) is 0.250. The Morgan fingerprint density at radius 1 is 0.950 bits per heavy atom. The molecule has 0 radical (unpaired) electrons. The van der Waals surface area contributed by atoms with E-state index in [1.165, 1.54) is 11.6 Å². The summed E-state index contributed by atoms with van der Waals surface area (Å²) >= 11 is 0. The Morgan fingerprint density at radius 3 is 2.05 bits per heavy atom. The van der Waals surface area contributed by atoms with Gasteiger partial charge in [-0.3, -0.25) is 0 Å². The van der Waals surface area contributed by atoms with E-state index >= 15 is 0 Å². The van der Waals surface area contributed by atoms with Gasteiger partial charge in [0.1, 0.15) is 5.75 Å². The maximum atomic E-state index is 12.2. The molecule has 0 saturated carbocycles. The smallest absolute Gasteiger partial charge is 0.406 e. The maximum absolute atomic E-state index is 12.2. The molecule has 0 heterocycles. The van der Waals surface area contributed by atoms with Crippen LogP contribution in [0.15, 0.2) is 42.5 Å². The monoisotopic (exact) mass is 280 g/mol. The van der Waals surface area contributed by atoms with Crippen molar-refractivity contribution in [2.24, 2.45) is 0 Å². The predicted molar refractivity (Wildman–Crippen MR) is 72.7 cm³/mol. The second kappa shape index (κ2) is 5.57. The van der Waals surface area contributed by atoms with E-state index in [9.17, 15) is 13.2 Å². The maximum Gasteiger partial charge on any atom is 0.573 e. The largest absolute Gasteiger partial charge is 0.573 e. The number of alkyl halides is 3. The van der Waals surface area contributed by atoms with Crippen LogP contribution in [0.1, 0.15) is 18.1 Å². The summed E-state index contributed by atoms with van der Waals surface area (Å²) in [6, 6.07) is 12.7. The van der Waals surface area contributed by atoms with Crippen LogP contribution in [-0.4, -0.2) is 6.36 Å². The zero-order valence-electron chi connectivity index (χ0n) is 11.3. The van der Waals surface area contributed by atoms with Gasteiger partial charge in [0.25, 0.3) is 0 Å². The van der Waals surface area contributed by atoms with E-state index in [1.807, 2.05) is 24.3 Å². The van der Waals surface area contributed by atoms with Crippen molar-refractivity contribution in [3.05, 3.63) is 53.6 Å². The summed E-state index contributed by atoms with van der Waals surface area (Å²) < 4.78 is 40.6. The molecule has 0 atom stereocenters. The highest BCUT2D eigenvalue weighted by Gasteiger charge is 2.31. The van der Waals surface area contributed by atoms with Crippen molar-refractivity contribution in [3.63, 3.8) is 0 Å². The second-order valence-corrected chi connectivity index (χ2v) is 4.58. The molecule has 20 heavy (non-hydrogen) atoms. The van der Waals surface area contributed by atoms with E-state index in [2.05, 4.69) is 11.7 Å². The fourth-order valence-electron chi connectivity index (χ4n) is 2.00. The van der Waals surface area contributed by atoms with Crippen LogP contribution in [0.2, 0.25) is 0 Å². The average molecular weight is 280 g/mol. The van der Waals surface area contributed by atoms with Gasteiger partial charge in [-0.15, -0.1) is 13.2 Å². The molecule has 0 aliphatic rings. The number of aryl methyl sites for hydroxylation is 2. The fourth-order valence-corrected chi connectivity index (χ4v) is 2.00. The van der Waals surface area contributed by atoms with Crippen LogP contribution in [0.3, 0.4) is 0 Å². The molecular weight excluding hydrogens is 265 g/mol. The third-order valence-electron chi connectivity index (χ3n) is 3.10. The van der Waals surface area contributed by atoms with E-state index in [4.69, 9.17) is 0 Å². The van der Waals surface area contributed by atoms with Crippen LogP contribution in [0.25, 0.3) is 11.1 Å². The first-order valence-electron chi connectivity index (χ1n) is 6.35. The van der Waals surface area contributed by atoms with Crippen molar-refractivity contribution in [1.29, 1.82) is 0 Å². The van der Waals surface area contributed by atoms with Gasteiger partial charge in [0.2, 0.25) is 0 Å². The van der Waals surface area contributed by atoms with E-state index in [0.717, 1.165) is 17.5 Å². The van der Waals surface area contributed by atoms with Crippen LogP contribution in [0.5, 0.6) is 5.75 Å². The molecule has 2 aromatic rings. The number of ether oxygens (including phenoxy) is 1. The Bertz CT molecular complexity index is 586. The van der Waals surface area contributed by atoms with Crippen LogP contribution in [0, 0.1) is 6.92 Å². The summed E-state index contributed by atoms with van der Waals surface area (Å²) in [7, 11) is 0. The number of halogens is 3. The lowest BCUT2D eigenvalue weighted by atomic mass is 10.0. The Morgan fingerprint density at radius 2 is 1.55 bits per heavy atom. The summed E-state index contributed by atoms with van der Waals surface area (Å²) in [6.45, 7) is 3.67. The Hall–Kier alpha value is -1.97. The number of hydrogen-bond donors (Lipinski definition) is 0. The molecule has 0 fully saturated rings. The Labute approximate surface area is 116 Å². The summed E-state index contributed by atoms with van der Waals surface area (Å²) in [5, 5.41) is 0. The van der Waals surface area contributed by atoms with Gasteiger partial charge in [-0.2, -0.15) is 0 Å². The molecule has 1 nitrogen and oxygen atoms in total. The number of benzene rings is 2. The molecular formula is C16H15F3O. The minimum atomic E-state index is -4.66. The lowest BCUT2D eigenvalue weighted by Crippen LogP contribution is -2.17. The third kappa shape index (κ3) is 3.53. The lowest BCUT2D eigenvalue weighted by molar-refractivity contribution is -0.274. The highest BCUT2D eigenvalue weighted by Crippen LogP contribution is 2.30. The first kappa shape index (κ1) is 14.4. The second-order valence-electron chi connectivity index (χ2n) is 4.58. The van der Waals surface area contributed by atoms with Crippen molar-refractivity contribution >= 4 is 0 Å². The first-order chi connectivity index (χ1) is 9.39. The Kier molecular flexibility index (Phi) is 4.02. The lowest BCUT2D eigenvalue weighted by Gasteiger charge is -2.12. The van der Waals surface area contributed by atoms with Gasteiger partial charge < -0.3 is 4.74 Å². The predicted octanol–water partition coefficient (Wildman–Crippen LogP) is 5.12. The van der Waals surface area contributed by atoms with E-state index in [0.29, 0.717) is 5.56 Å². The molecule has 2 rings (SSSR count). The molecule has 0 unspecified atom stereocenters. The molecule has 0 aromatic heterocycles. The average Bonchev–Trinajstić information content (AvgIpc) is 2.40. The van der Waals surface area contributed by atoms with Gasteiger partial charge in [-0.25, -0.2) is 0 Å². The Balaban J connectivity index is 2.28. The summed E-state index contributed by atoms with van der Waals surface area (Å²) in [4.78, 5) is 0. The summed E-state index contributed by atoms with van der Waals surface area (Å²) in [5.41, 5.74) is 3.53. The standard InChI is InChI=1S/C16H15F3O/c1-3-12-4-6-13(7-5-12)14-8-9-15(11(2)10-14)20-16(17,18)19/h4-10H,3H2,1-2H3. The van der Waals surface area contributed by atoms with Gasteiger partial charge >= 0.3 is 6.36 Å². The zero-order valence-corrected chi connectivity index (χ0v) is 11.3. The minimum absolute atomic E-state index is 0.161. The van der Waals surface area contributed by atoms with Crippen LogP contribution < -0.4 is 4.74 Å². The topological polar surface area (TPSA) is 9.23 Å². The third-order valence-corrected chi connectivity index (χ3v) is 3.10. The van der Waals surface area contributed by atoms with Crippen molar-refractivity contribution in [2.75, 3.05) is 0 Å². The van der Waals surface area contributed by atoms with Crippen molar-refractivity contribution in [3.8, 4) is 16.9 Å². The van der Waals surface area contributed by atoms with Crippen molar-refractivity contribution in [2.45, 2.75) is 26.6 Å². The van der Waals surface area contributed by atoms with Gasteiger partial charge in [0, 0.05) is 0 Å². The molecule has 0 aliphatic heterocycles. The van der Waals surface area contributed by atoms with Crippen LogP contribution >= 0.6 is 0 Å². The molecule has 0 spiro atoms. The highest BCUT2D eigenvalue weighted by atomic mass is 19.4. The molecule has 106 valence electrons. The van der Waals surface area contributed by atoms with Gasteiger partial charge in [0.05, 0.1) is 0 Å². The summed E-state index contributed by atoms with van der Waals surface area (Å²) in [5.74, 6) is -0.161. The number of rotatable bonds is 3. The molecule has 2 aromatic carbocycles. The SMILES string of the molecule is CCc1ccc(-c2ccc(OC(F)(F)F)c(C)c2)cc1. The van der Waals surface area contributed by atoms with E-state index < -0.39 is 6.36 Å². The molecule has 0 amide bonds. The number of hydrogen-bond acceptors (Lipinski definition) is 1. The van der Waals surface area contributed by atoms with Crippen molar-refractivity contribution in [1.82, 2.24) is 0 Å². The molecule has 4 heteroatoms.